The van der Waals surface area contributed by atoms with E-state index in [1.54, 1.807) is 7.11 Å². The molecule has 6 nitrogen and oxygen atoms in total. The number of hydrogen-bond acceptors (Lipinski definition) is 6. The van der Waals surface area contributed by atoms with Crippen LogP contribution in [0.5, 0.6) is 5.75 Å². The first-order valence-corrected chi connectivity index (χ1v) is 5.68. The Bertz CT molecular complexity index is 326. The molecule has 0 fully saturated rings. The molecule has 0 radical (unpaired) electrons. The van der Waals surface area contributed by atoms with Gasteiger partial charge in [-0.05, 0) is 17.7 Å². The summed E-state index contributed by atoms with van der Waals surface area (Å²) in [6.07, 6.45) is 0. The summed E-state index contributed by atoms with van der Waals surface area (Å²) in [5.41, 5.74) is 0.935. The quantitative estimate of drug-likeness (QED) is 0.622. The summed E-state index contributed by atoms with van der Waals surface area (Å²) in [4.78, 5) is 10.4. The van der Waals surface area contributed by atoms with Gasteiger partial charge in [0.25, 0.3) is 0 Å². The van der Waals surface area contributed by atoms with Gasteiger partial charge in [-0.3, -0.25) is 9.68 Å². The van der Waals surface area contributed by atoms with Crippen LogP contribution >= 0.6 is 0 Å². The van der Waals surface area contributed by atoms with Gasteiger partial charge >= 0.3 is 0 Å². The Morgan fingerprint density at radius 3 is 2.33 bits per heavy atom. The van der Waals surface area contributed by atoms with Gasteiger partial charge in [-0.15, -0.1) is 0 Å². The van der Waals surface area contributed by atoms with E-state index in [0.717, 1.165) is 11.3 Å². The molecule has 1 aromatic carbocycles. The van der Waals surface area contributed by atoms with Crippen LogP contribution in [-0.4, -0.2) is 49.0 Å². The molecule has 1 rings (SSSR count). The smallest absolute Gasteiger partial charge is 0.119 e. The van der Waals surface area contributed by atoms with E-state index in [4.69, 9.17) is 24.6 Å². The highest BCUT2D eigenvalue weighted by atomic mass is 16.9. The zero-order valence-electron chi connectivity index (χ0n) is 10.4. The molecule has 0 saturated carbocycles. The molecule has 0 unspecified atom stereocenters. The van der Waals surface area contributed by atoms with Crippen LogP contribution in [0.25, 0.3) is 0 Å². The van der Waals surface area contributed by atoms with Gasteiger partial charge in [-0.25, -0.2) is 0 Å². The average molecular weight is 257 g/mol. The summed E-state index contributed by atoms with van der Waals surface area (Å²) >= 11 is 0. The lowest BCUT2D eigenvalue weighted by atomic mass is 10.2. The Balaban J connectivity index is 2.56. The van der Waals surface area contributed by atoms with E-state index in [9.17, 15) is 0 Å². The number of hydrogen-bond donors (Lipinski definition) is 2. The van der Waals surface area contributed by atoms with Gasteiger partial charge in [-0.1, -0.05) is 17.4 Å². The molecule has 2 N–H and O–H groups in total. The van der Waals surface area contributed by atoms with E-state index in [1.165, 1.54) is 5.23 Å². The minimum Gasteiger partial charge on any atom is -0.497 e. The SMILES string of the molecule is COc1cccc(CN(OCCO)OCCO)c1. The third kappa shape index (κ3) is 5.44. The molecule has 1 aromatic rings. The fourth-order valence-electron chi connectivity index (χ4n) is 1.33. The van der Waals surface area contributed by atoms with Crippen molar-refractivity contribution in [2.75, 3.05) is 33.5 Å². The third-order valence-corrected chi connectivity index (χ3v) is 2.10. The molecule has 0 aliphatic heterocycles. The molecular weight excluding hydrogens is 238 g/mol. The Morgan fingerprint density at radius 2 is 1.78 bits per heavy atom. The molecule has 0 saturated heterocycles. The van der Waals surface area contributed by atoms with Gasteiger partial charge in [0.15, 0.2) is 0 Å². The van der Waals surface area contributed by atoms with Crippen LogP contribution in [0.15, 0.2) is 24.3 Å². The second-order valence-corrected chi connectivity index (χ2v) is 3.46. The molecule has 0 aliphatic carbocycles. The molecular formula is C12H19NO5. The highest BCUT2D eigenvalue weighted by molar-refractivity contribution is 5.28. The van der Waals surface area contributed by atoms with Crippen molar-refractivity contribution in [3.8, 4) is 5.75 Å². The lowest BCUT2D eigenvalue weighted by Crippen LogP contribution is -2.27. The molecule has 18 heavy (non-hydrogen) atoms. The van der Waals surface area contributed by atoms with Gasteiger partial charge in [0.2, 0.25) is 0 Å². The number of hydroxylamine groups is 2. The van der Waals surface area contributed by atoms with Gasteiger partial charge in [-0.2, -0.15) is 0 Å². The van der Waals surface area contributed by atoms with Crippen molar-refractivity contribution in [1.29, 1.82) is 0 Å². The molecule has 0 amide bonds. The topological polar surface area (TPSA) is 71.4 Å². The number of ether oxygens (including phenoxy) is 1. The number of aliphatic hydroxyl groups is 2. The van der Waals surface area contributed by atoms with Crippen molar-refractivity contribution in [3.63, 3.8) is 0 Å². The minimum absolute atomic E-state index is 0.100. The van der Waals surface area contributed by atoms with Crippen LogP contribution in [0, 0.1) is 0 Å². The molecule has 0 atom stereocenters. The fraction of sp³-hybridized carbons (Fsp3) is 0.500. The molecule has 0 heterocycles. The van der Waals surface area contributed by atoms with Crippen molar-refractivity contribution in [2.24, 2.45) is 0 Å². The second kappa shape index (κ2) is 8.84. The van der Waals surface area contributed by atoms with Crippen molar-refractivity contribution in [2.45, 2.75) is 6.54 Å². The molecule has 0 bridgehead atoms. The largest absolute Gasteiger partial charge is 0.497 e. The predicted molar refractivity (Wildman–Crippen MR) is 64.6 cm³/mol. The first-order chi connectivity index (χ1) is 8.80. The molecule has 0 spiro atoms. The maximum atomic E-state index is 8.71. The van der Waals surface area contributed by atoms with Crippen LogP contribution in [0.3, 0.4) is 0 Å². The van der Waals surface area contributed by atoms with E-state index < -0.39 is 0 Å². The number of benzene rings is 1. The summed E-state index contributed by atoms with van der Waals surface area (Å²) in [5.74, 6) is 0.747. The molecule has 6 heteroatoms. The monoisotopic (exact) mass is 257 g/mol. The van der Waals surface area contributed by atoms with Crippen LogP contribution in [0.2, 0.25) is 0 Å². The molecule has 0 aromatic heterocycles. The van der Waals surface area contributed by atoms with E-state index >= 15 is 0 Å². The van der Waals surface area contributed by atoms with Crippen LogP contribution < -0.4 is 4.74 Å². The van der Waals surface area contributed by atoms with E-state index in [0.29, 0.717) is 6.54 Å². The lowest BCUT2D eigenvalue weighted by molar-refractivity contribution is -0.378. The van der Waals surface area contributed by atoms with Crippen LogP contribution in [0.4, 0.5) is 0 Å². The van der Waals surface area contributed by atoms with Crippen molar-refractivity contribution in [1.82, 2.24) is 5.23 Å². The third-order valence-electron chi connectivity index (χ3n) is 2.10. The summed E-state index contributed by atoms with van der Waals surface area (Å²) in [5, 5.41) is 18.7. The Kier molecular flexibility index (Phi) is 7.31. The maximum absolute atomic E-state index is 8.71. The highest BCUT2D eigenvalue weighted by Gasteiger charge is 2.08. The molecule has 102 valence electrons. The van der Waals surface area contributed by atoms with Crippen molar-refractivity contribution < 1.29 is 24.6 Å². The van der Waals surface area contributed by atoms with E-state index in [1.807, 2.05) is 24.3 Å². The molecule has 0 aliphatic rings. The zero-order chi connectivity index (χ0) is 13.2. The number of nitrogens with zero attached hydrogens (tertiary/aromatic N) is 1. The predicted octanol–water partition coefficient (Wildman–Crippen LogP) is 0.345. The summed E-state index contributed by atoms with van der Waals surface area (Å²) in [7, 11) is 1.60. The first kappa shape index (κ1) is 14.9. The van der Waals surface area contributed by atoms with Gasteiger partial charge in [0.1, 0.15) is 5.75 Å². The average Bonchev–Trinajstić information content (AvgIpc) is 2.42. The first-order valence-electron chi connectivity index (χ1n) is 5.68. The lowest BCUT2D eigenvalue weighted by Gasteiger charge is -2.20. The number of methoxy groups -OCH3 is 1. The van der Waals surface area contributed by atoms with Crippen molar-refractivity contribution >= 4 is 0 Å². The number of rotatable bonds is 9. The van der Waals surface area contributed by atoms with Gasteiger partial charge < -0.3 is 14.9 Å². The normalized spacial score (nSPS) is 10.9. The van der Waals surface area contributed by atoms with Gasteiger partial charge in [0.05, 0.1) is 40.1 Å². The number of aliphatic hydroxyl groups excluding tert-OH is 2. The Labute approximate surface area is 106 Å². The van der Waals surface area contributed by atoms with E-state index in [2.05, 4.69) is 0 Å². The fourth-order valence-corrected chi connectivity index (χ4v) is 1.33. The Hall–Kier alpha value is -1.18. The standard InChI is InChI=1S/C12H19NO5/c1-16-12-4-2-3-11(9-12)10-13(17-7-5-14)18-8-6-15/h2-4,9,14-15H,5-8,10H2,1H3. The van der Waals surface area contributed by atoms with Crippen LogP contribution in [0.1, 0.15) is 5.56 Å². The Morgan fingerprint density at radius 1 is 1.11 bits per heavy atom. The van der Waals surface area contributed by atoms with Gasteiger partial charge in [0, 0.05) is 0 Å². The summed E-state index contributed by atoms with van der Waals surface area (Å²) in [6.45, 7) is 0.441. The van der Waals surface area contributed by atoms with Crippen LogP contribution in [-0.2, 0) is 16.2 Å². The van der Waals surface area contributed by atoms with Crippen molar-refractivity contribution in [3.05, 3.63) is 29.8 Å². The zero-order valence-corrected chi connectivity index (χ0v) is 10.4. The summed E-state index contributed by atoms with van der Waals surface area (Å²) in [6, 6.07) is 7.47. The van der Waals surface area contributed by atoms with E-state index in [-0.39, 0.29) is 26.4 Å². The minimum atomic E-state index is -0.100. The summed E-state index contributed by atoms with van der Waals surface area (Å²) < 4.78 is 5.12. The second-order valence-electron chi connectivity index (χ2n) is 3.46. The maximum Gasteiger partial charge on any atom is 0.119 e. The highest BCUT2D eigenvalue weighted by Crippen LogP contribution is 2.14.